The van der Waals surface area contributed by atoms with Gasteiger partial charge in [-0.05, 0) is 35.2 Å². The molecule has 98 valence electrons. The van der Waals surface area contributed by atoms with E-state index in [1.165, 1.54) is 0 Å². The predicted octanol–water partition coefficient (Wildman–Crippen LogP) is 5.03. The van der Waals surface area contributed by atoms with E-state index in [1.807, 2.05) is 54.6 Å². The molecule has 0 unspecified atom stereocenters. The second kappa shape index (κ2) is 5.22. The van der Waals surface area contributed by atoms with Crippen molar-refractivity contribution in [1.29, 1.82) is 0 Å². The van der Waals surface area contributed by atoms with E-state index >= 15 is 0 Å². The molecule has 0 aliphatic heterocycles. The van der Waals surface area contributed by atoms with Crippen LogP contribution >= 0.6 is 0 Å². The summed E-state index contributed by atoms with van der Waals surface area (Å²) in [5.74, 6) is 0.320. The van der Waals surface area contributed by atoms with Crippen molar-refractivity contribution in [3.8, 4) is 28.0 Å². The molecule has 0 aliphatic rings. The summed E-state index contributed by atoms with van der Waals surface area (Å²) in [6.45, 7) is 2.08. The van der Waals surface area contributed by atoms with Crippen molar-refractivity contribution in [2.45, 2.75) is 6.92 Å². The summed E-state index contributed by atoms with van der Waals surface area (Å²) in [6, 6.07) is 24.0. The number of hydrogen-bond donors (Lipinski definition) is 1. The lowest BCUT2D eigenvalue weighted by molar-refractivity contribution is 0.477. The minimum atomic E-state index is 0.320. The summed E-state index contributed by atoms with van der Waals surface area (Å²) >= 11 is 0. The van der Waals surface area contributed by atoms with Crippen LogP contribution in [0.25, 0.3) is 22.3 Å². The van der Waals surface area contributed by atoms with E-state index in [2.05, 4.69) is 19.1 Å². The summed E-state index contributed by atoms with van der Waals surface area (Å²) in [5.41, 5.74) is 5.31. The second-order valence-electron chi connectivity index (χ2n) is 4.88. The van der Waals surface area contributed by atoms with Gasteiger partial charge in [0.25, 0.3) is 0 Å². The standard InChI is InChI=1S/C19H16O/c1-14-12-13-17(20)19(16-10-6-3-7-11-16)18(14)15-8-4-2-5-9-15/h2-13,20H,1H3. The van der Waals surface area contributed by atoms with Gasteiger partial charge in [0.2, 0.25) is 0 Å². The first-order valence-electron chi connectivity index (χ1n) is 6.71. The maximum atomic E-state index is 10.3. The summed E-state index contributed by atoms with van der Waals surface area (Å²) in [6.07, 6.45) is 0. The Morgan fingerprint density at radius 3 is 1.65 bits per heavy atom. The van der Waals surface area contributed by atoms with Crippen LogP contribution in [0.2, 0.25) is 0 Å². The quantitative estimate of drug-likeness (QED) is 0.684. The largest absolute Gasteiger partial charge is 0.507 e. The monoisotopic (exact) mass is 260 g/mol. The lowest BCUT2D eigenvalue weighted by atomic mass is 9.90. The Kier molecular flexibility index (Phi) is 3.26. The average Bonchev–Trinajstić information content (AvgIpc) is 2.51. The molecule has 3 aromatic carbocycles. The highest BCUT2D eigenvalue weighted by atomic mass is 16.3. The van der Waals surface area contributed by atoms with Gasteiger partial charge in [0.05, 0.1) is 0 Å². The Morgan fingerprint density at radius 2 is 1.10 bits per heavy atom. The fraction of sp³-hybridized carbons (Fsp3) is 0.0526. The van der Waals surface area contributed by atoms with E-state index in [1.54, 1.807) is 6.07 Å². The Morgan fingerprint density at radius 1 is 0.600 bits per heavy atom. The number of benzene rings is 3. The van der Waals surface area contributed by atoms with Crippen molar-refractivity contribution in [3.63, 3.8) is 0 Å². The molecule has 0 amide bonds. The molecule has 0 aromatic heterocycles. The zero-order valence-electron chi connectivity index (χ0n) is 11.4. The molecule has 0 saturated carbocycles. The van der Waals surface area contributed by atoms with Gasteiger partial charge in [0.1, 0.15) is 5.75 Å². The molecule has 3 aromatic rings. The zero-order chi connectivity index (χ0) is 13.9. The van der Waals surface area contributed by atoms with Crippen molar-refractivity contribution in [2.24, 2.45) is 0 Å². The van der Waals surface area contributed by atoms with Crippen LogP contribution in [-0.2, 0) is 0 Å². The molecule has 0 atom stereocenters. The molecule has 0 saturated heterocycles. The van der Waals surface area contributed by atoms with Gasteiger partial charge in [-0.25, -0.2) is 0 Å². The van der Waals surface area contributed by atoms with Crippen molar-refractivity contribution < 1.29 is 5.11 Å². The highest BCUT2D eigenvalue weighted by molar-refractivity contribution is 5.89. The lowest BCUT2D eigenvalue weighted by Gasteiger charge is -2.15. The van der Waals surface area contributed by atoms with Crippen LogP contribution < -0.4 is 0 Å². The van der Waals surface area contributed by atoms with Gasteiger partial charge in [0.15, 0.2) is 0 Å². The van der Waals surface area contributed by atoms with E-state index in [4.69, 9.17) is 0 Å². The second-order valence-corrected chi connectivity index (χ2v) is 4.88. The molecule has 1 nitrogen and oxygen atoms in total. The highest BCUT2D eigenvalue weighted by Gasteiger charge is 2.14. The van der Waals surface area contributed by atoms with Crippen LogP contribution in [0, 0.1) is 6.92 Å². The SMILES string of the molecule is Cc1ccc(O)c(-c2ccccc2)c1-c1ccccc1. The number of aromatic hydroxyl groups is 1. The van der Waals surface area contributed by atoms with E-state index < -0.39 is 0 Å². The minimum absolute atomic E-state index is 0.320. The van der Waals surface area contributed by atoms with Crippen molar-refractivity contribution >= 4 is 0 Å². The summed E-state index contributed by atoms with van der Waals surface area (Å²) < 4.78 is 0. The zero-order valence-corrected chi connectivity index (χ0v) is 11.4. The molecule has 3 rings (SSSR count). The molecule has 0 aliphatic carbocycles. The number of hydrogen-bond acceptors (Lipinski definition) is 1. The third kappa shape index (κ3) is 2.19. The van der Waals surface area contributed by atoms with Gasteiger partial charge in [-0.1, -0.05) is 66.7 Å². The third-order valence-electron chi connectivity index (χ3n) is 3.52. The smallest absolute Gasteiger partial charge is 0.124 e. The Hall–Kier alpha value is -2.54. The molecule has 0 bridgehead atoms. The predicted molar refractivity (Wildman–Crippen MR) is 83.7 cm³/mol. The van der Waals surface area contributed by atoms with Gasteiger partial charge >= 0.3 is 0 Å². The van der Waals surface area contributed by atoms with Gasteiger partial charge in [-0.15, -0.1) is 0 Å². The molecule has 0 heterocycles. The van der Waals surface area contributed by atoms with Crippen molar-refractivity contribution in [2.75, 3.05) is 0 Å². The van der Waals surface area contributed by atoms with Crippen LogP contribution in [0.1, 0.15) is 5.56 Å². The maximum absolute atomic E-state index is 10.3. The van der Waals surface area contributed by atoms with E-state index in [0.717, 1.165) is 27.8 Å². The lowest BCUT2D eigenvalue weighted by Crippen LogP contribution is -1.90. The molecular formula is C19H16O. The summed E-state index contributed by atoms with van der Waals surface area (Å²) in [4.78, 5) is 0. The highest BCUT2D eigenvalue weighted by Crippen LogP contribution is 2.40. The van der Waals surface area contributed by atoms with Crippen LogP contribution in [0.15, 0.2) is 72.8 Å². The number of phenols is 1. The van der Waals surface area contributed by atoms with Gasteiger partial charge in [0, 0.05) is 5.56 Å². The van der Waals surface area contributed by atoms with Gasteiger partial charge < -0.3 is 5.11 Å². The number of phenolic OH excluding ortho intramolecular Hbond substituents is 1. The topological polar surface area (TPSA) is 20.2 Å². The number of aryl methyl sites for hydroxylation is 1. The Labute approximate surface area is 119 Å². The summed E-state index contributed by atoms with van der Waals surface area (Å²) in [5, 5.41) is 10.3. The van der Waals surface area contributed by atoms with Crippen molar-refractivity contribution in [3.05, 3.63) is 78.4 Å². The molecule has 0 spiro atoms. The molecular weight excluding hydrogens is 244 g/mol. The Bertz CT molecular complexity index is 651. The average molecular weight is 260 g/mol. The first-order chi connectivity index (χ1) is 9.77. The fourth-order valence-electron chi connectivity index (χ4n) is 2.57. The molecule has 20 heavy (non-hydrogen) atoms. The molecule has 1 heteroatoms. The van der Waals surface area contributed by atoms with Crippen LogP contribution in [0.4, 0.5) is 0 Å². The van der Waals surface area contributed by atoms with Crippen LogP contribution in [0.3, 0.4) is 0 Å². The molecule has 1 N–H and O–H groups in total. The van der Waals surface area contributed by atoms with Crippen LogP contribution in [-0.4, -0.2) is 5.11 Å². The third-order valence-corrected chi connectivity index (χ3v) is 3.52. The van der Waals surface area contributed by atoms with E-state index in [9.17, 15) is 5.11 Å². The first-order valence-corrected chi connectivity index (χ1v) is 6.71. The van der Waals surface area contributed by atoms with E-state index in [-0.39, 0.29) is 0 Å². The fourth-order valence-corrected chi connectivity index (χ4v) is 2.57. The normalized spacial score (nSPS) is 10.4. The first kappa shape index (κ1) is 12.5. The Balaban J connectivity index is 2.32. The minimum Gasteiger partial charge on any atom is -0.507 e. The van der Waals surface area contributed by atoms with Crippen LogP contribution in [0.5, 0.6) is 5.75 Å². The molecule has 0 fully saturated rings. The maximum Gasteiger partial charge on any atom is 0.124 e. The molecule has 0 radical (unpaired) electrons. The van der Waals surface area contributed by atoms with E-state index in [0.29, 0.717) is 5.75 Å². The van der Waals surface area contributed by atoms with Gasteiger partial charge in [-0.3, -0.25) is 0 Å². The summed E-state index contributed by atoms with van der Waals surface area (Å²) in [7, 11) is 0. The van der Waals surface area contributed by atoms with Gasteiger partial charge in [-0.2, -0.15) is 0 Å². The number of rotatable bonds is 2. The van der Waals surface area contributed by atoms with Crippen molar-refractivity contribution in [1.82, 2.24) is 0 Å².